The second-order valence-electron chi connectivity index (χ2n) is 5.65. The first-order valence-electron chi connectivity index (χ1n) is 8.19. The lowest BCUT2D eigenvalue weighted by atomic mass is 10.1. The number of esters is 1. The van der Waals surface area contributed by atoms with Crippen LogP contribution in [0.5, 0.6) is 0 Å². The Morgan fingerprint density at radius 2 is 1.67 bits per heavy atom. The van der Waals surface area contributed by atoms with E-state index in [0.29, 0.717) is 24.3 Å². The fourth-order valence-electron chi connectivity index (χ4n) is 2.37. The second kappa shape index (κ2) is 8.29. The summed E-state index contributed by atoms with van der Waals surface area (Å²) in [5.74, 6) is -0.494. The molecule has 0 fully saturated rings. The molecule has 0 aromatic heterocycles. The van der Waals surface area contributed by atoms with Crippen molar-refractivity contribution in [1.82, 2.24) is 0 Å². The van der Waals surface area contributed by atoms with Gasteiger partial charge in [0.05, 0.1) is 18.6 Å². The fourth-order valence-corrected chi connectivity index (χ4v) is 2.37. The first-order valence-corrected chi connectivity index (χ1v) is 8.19. The summed E-state index contributed by atoms with van der Waals surface area (Å²) < 4.78 is 4.99. The number of hydrogen-bond donors (Lipinski definition) is 1. The third kappa shape index (κ3) is 4.69. The number of amides is 1. The van der Waals surface area contributed by atoms with Crippen molar-refractivity contribution in [3.05, 3.63) is 64.7 Å². The molecule has 0 spiro atoms. The lowest BCUT2D eigenvalue weighted by Gasteiger charge is -2.11. The molecule has 0 bridgehead atoms. The SMILES string of the molecule is CCOC(=O)c1ccc(C)c(NC(=O)Cc2ccc(CC)cc2)c1. The van der Waals surface area contributed by atoms with Gasteiger partial charge >= 0.3 is 5.97 Å². The topological polar surface area (TPSA) is 55.4 Å². The largest absolute Gasteiger partial charge is 0.462 e. The van der Waals surface area contributed by atoms with Crippen LogP contribution in [-0.4, -0.2) is 18.5 Å². The number of carbonyl (C=O) groups excluding carboxylic acids is 2. The van der Waals surface area contributed by atoms with E-state index in [9.17, 15) is 9.59 Å². The maximum atomic E-state index is 12.3. The van der Waals surface area contributed by atoms with E-state index >= 15 is 0 Å². The minimum absolute atomic E-state index is 0.108. The molecule has 0 aliphatic heterocycles. The van der Waals surface area contributed by atoms with Crippen LogP contribution < -0.4 is 5.32 Å². The zero-order valence-corrected chi connectivity index (χ0v) is 14.4. The van der Waals surface area contributed by atoms with Crippen molar-refractivity contribution in [2.24, 2.45) is 0 Å². The first-order chi connectivity index (χ1) is 11.5. The highest BCUT2D eigenvalue weighted by atomic mass is 16.5. The normalized spacial score (nSPS) is 10.3. The summed E-state index contributed by atoms with van der Waals surface area (Å²) in [5.41, 5.74) is 4.18. The standard InChI is InChI=1S/C20H23NO3/c1-4-15-7-9-16(10-8-15)12-19(22)21-18-13-17(11-6-14(18)3)20(23)24-5-2/h6-11,13H,4-5,12H2,1-3H3,(H,21,22). The van der Waals surface area contributed by atoms with Gasteiger partial charge in [0.2, 0.25) is 5.91 Å². The summed E-state index contributed by atoms with van der Waals surface area (Å²) in [6.45, 7) is 6.07. The van der Waals surface area contributed by atoms with Gasteiger partial charge in [0, 0.05) is 5.69 Å². The van der Waals surface area contributed by atoms with Gasteiger partial charge in [-0.2, -0.15) is 0 Å². The lowest BCUT2D eigenvalue weighted by Crippen LogP contribution is -2.16. The average Bonchev–Trinajstić information content (AvgIpc) is 2.57. The van der Waals surface area contributed by atoms with Gasteiger partial charge in [-0.15, -0.1) is 0 Å². The molecule has 2 aromatic rings. The Labute approximate surface area is 142 Å². The van der Waals surface area contributed by atoms with E-state index in [1.54, 1.807) is 25.1 Å². The molecule has 0 saturated carbocycles. The van der Waals surface area contributed by atoms with Crippen LogP contribution in [0.2, 0.25) is 0 Å². The van der Waals surface area contributed by atoms with Gasteiger partial charge in [0.15, 0.2) is 0 Å². The van der Waals surface area contributed by atoms with Gasteiger partial charge in [-0.25, -0.2) is 4.79 Å². The highest BCUT2D eigenvalue weighted by Crippen LogP contribution is 2.18. The maximum Gasteiger partial charge on any atom is 0.338 e. The van der Waals surface area contributed by atoms with Crippen LogP contribution >= 0.6 is 0 Å². The van der Waals surface area contributed by atoms with E-state index in [1.165, 1.54) is 5.56 Å². The van der Waals surface area contributed by atoms with E-state index < -0.39 is 0 Å². The first kappa shape index (κ1) is 17.7. The minimum Gasteiger partial charge on any atom is -0.462 e. The Hall–Kier alpha value is -2.62. The molecule has 2 aromatic carbocycles. The van der Waals surface area contributed by atoms with Gasteiger partial charge in [0.25, 0.3) is 0 Å². The molecule has 126 valence electrons. The van der Waals surface area contributed by atoms with Crippen LogP contribution in [0, 0.1) is 6.92 Å². The molecule has 0 unspecified atom stereocenters. The van der Waals surface area contributed by atoms with E-state index in [2.05, 4.69) is 12.2 Å². The molecule has 1 N–H and O–H groups in total. The highest BCUT2D eigenvalue weighted by Gasteiger charge is 2.11. The molecule has 0 heterocycles. The van der Waals surface area contributed by atoms with Crippen molar-refractivity contribution >= 4 is 17.6 Å². The molecule has 4 heteroatoms. The van der Waals surface area contributed by atoms with Gasteiger partial charge < -0.3 is 10.1 Å². The van der Waals surface area contributed by atoms with E-state index in [1.807, 2.05) is 31.2 Å². The van der Waals surface area contributed by atoms with Gasteiger partial charge in [0.1, 0.15) is 0 Å². The number of carbonyl (C=O) groups is 2. The van der Waals surface area contributed by atoms with Crippen LogP contribution in [0.4, 0.5) is 5.69 Å². The van der Waals surface area contributed by atoms with Crippen molar-refractivity contribution in [3.63, 3.8) is 0 Å². The molecular weight excluding hydrogens is 302 g/mol. The summed E-state index contributed by atoms with van der Waals surface area (Å²) >= 11 is 0. The molecule has 0 aliphatic rings. The maximum absolute atomic E-state index is 12.3. The Morgan fingerprint density at radius 3 is 2.29 bits per heavy atom. The molecule has 1 amide bonds. The van der Waals surface area contributed by atoms with Crippen LogP contribution in [0.15, 0.2) is 42.5 Å². The number of ether oxygens (including phenoxy) is 1. The Kier molecular flexibility index (Phi) is 6.13. The minimum atomic E-state index is -0.386. The van der Waals surface area contributed by atoms with Crippen LogP contribution in [0.25, 0.3) is 0 Å². The molecule has 0 atom stereocenters. The molecule has 0 saturated heterocycles. The van der Waals surface area contributed by atoms with Crippen molar-refractivity contribution in [3.8, 4) is 0 Å². The summed E-state index contributed by atoms with van der Waals surface area (Å²) in [7, 11) is 0. The molecule has 24 heavy (non-hydrogen) atoms. The highest BCUT2D eigenvalue weighted by molar-refractivity contribution is 5.96. The predicted octanol–water partition coefficient (Wildman–Crippen LogP) is 3.92. The zero-order chi connectivity index (χ0) is 17.5. The number of rotatable bonds is 6. The third-order valence-corrected chi connectivity index (χ3v) is 3.82. The van der Waals surface area contributed by atoms with Gasteiger partial charge in [-0.1, -0.05) is 37.3 Å². The van der Waals surface area contributed by atoms with E-state index in [-0.39, 0.29) is 11.9 Å². The van der Waals surface area contributed by atoms with Crippen LogP contribution in [0.1, 0.15) is 40.9 Å². The summed E-state index contributed by atoms with van der Waals surface area (Å²) in [5, 5.41) is 2.88. The zero-order valence-electron chi connectivity index (χ0n) is 14.4. The monoisotopic (exact) mass is 325 g/mol. The number of benzene rings is 2. The van der Waals surface area contributed by atoms with Gasteiger partial charge in [-0.05, 0) is 49.1 Å². The molecule has 0 radical (unpaired) electrons. The number of hydrogen-bond acceptors (Lipinski definition) is 3. The Balaban J connectivity index is 2.07. The van der Waals surface area contributed by atoms with Crippen molar-refractivity contribution in [2.75, 3.05) is 11.9 Å². The molecule has 0 aliphatic carbocycles. The van der Waals surface area contributed by atoms with E-state index in [0.717, 1.165) is 17.5 Å². The number of nitrogens with one attached hydrogen (secondary N) is 1. The van der Waals surface area contributed by atoms with Crippen molar-refractivity contribution < 1.29 is 14.3 Å². The molecular formula is C20H23NO3. The quantitative estimate of drug-likeness (QED) is 0.819. The summed E-state index contributed by atoms with van der Waals surface area (Å²) in [6, 6.07) is 13.2. The average molecular weight is 325 g/mol. The van der Waals surface area contributed by atoms with Gasteiger partial charge in [-0.3, -0.25) is 4.79 Å². The second-order valence-corrected chi connectivity index (χ2v) is 5.65. The smallest absolute Gasteiger partial charge is 0.338 e. The van der Waals surface area contributed by atoms with Crippen molar-refractivity contribution in [2.45, 2.75) is 33.6 Å². The van der Waals surface area contributed by atoms with Crippen molar-refractivity contribution in [1.29, 1.82) is 0 Å². The summed E-state index contributed by atoms with van der Waals surface area (Å²) in [4.78, 5) is 24.1. The summed E-state index contributed by atoms with van der Waals surface area (Å²) in [6.07, 6.45) is 1.28. The third-order valence-electron chi connectivity index (χ3n) is 3.82. The van der Waals surface area contributed by atoms with Crippen LogP contribution in [-0.2, 0) is 22.4 Å². The predicted molar refractivity (Wildman–Crippen MR) is 95.3 cm³/mol. The number of anilines is 1. The van der Waals surface area contributed by atoms with E-state index in [4.69, 9.17) is 4.74 Å². The molecule has 4 nitrogen and oxygen atoms in total. The number of aryl methyl sites for hydroxylation is 2. The van der Waals surface area contributed by atoms with Crippen LogP contribution in [0.3, 0.4) is 0 Å². The Bertz CT molecular complexity index is 720. The fraction of sp³-hybridized carbons (Fsp3) is 0.300. The molecule has 2 rings (SSSR count). The lowest BCUT2D eigenvalue weighted by molar-refractivity contribution is -0.115. The Morgan fingerprint density at radius 1 is 1.00 bits per heavy atom.